The van der Waals surface area contributed by atoms with Crippen LogP contribution in [0.1, 0.15) is 21.7 Å². The zero-order chi connectivity index (χ0) is 27.9. The van der Waals surface area contributed by atoms with Gasteiger partial charge in [0.1, 0.15) is 16.3 Å². The fourth-order valence-corrected chi connectivity index (χ4v) is 5.79. The average molecular weight is 561 g/mol. The van der Waals surface area contributed by atoms with Crippen molar-refractivity contribution in [1.29, 1.82) is 0 Å². The Kier molecular flexibility index (Phi) is 6.76. The maximum Gasteiger partial charge on any atom is 0.417 e. The lowest BCUT2D eigenvalue weighted by molar-refractivity contribution is -0.137. The van der Waals surface area contributed by atoms with Crippen LogP contribution in [0, 0.1) is 6.92 Å². The maximum atomic E-state index is 13.1. The van der Waals surface area contributed by atoms with E-state index in [2.05, 4.69) is 15.1 Å². The van der Waals surface area contributed by atoms with Crippen LogP contribution in [0.25, 0.3) is 10.9 Å². The zero-order valence-electron chi connectivity index (χ0n) is 20.9. The Balaban J connectivity index is 1.25. The summed E-state index contributed by atoms with van der Waals surface area (Å²) < 4.78 is 72.6. The first kappa shape index (κ1) is 26.6. The van der Waals surface area contributed by atoms with E-state index in [1.165, 1.54) is 15.2 Å². The first-order valence-electron chi connectivity index (χ1n) is 11.8. The molecule has 10 nitrogen and oxygen atoms in total. The second-order valence-electron chi connectivity index (χ2n) is 8.95. The van der Waals surface area contributed by atoms with Crippen molar-refractivity contribution in [2.75, 3.05) is 26.2 Å². The average Bonchev–Trinajstić information content (AvgIpc) is 3.26. The predicted octanol–water partition coefficient (Wildman–Crippen LogP) is 3.63. The van der Waals surface area contributed by atoms with E-state index in [0.29, 0.717) is 28.5 Å². The number of amides is 1. The van der Waals surface area contributed by atoms with Gasteiger partial charge in [0.05, 0.1) is 23.0 Å². The van der Waals surface area contributed by atoms with Gasteiger partial charge in [-0.2, -0.15) is 22.6 Å². The minimum absolute atomic E-state index is 0.00181. The van der Waals surface area contributed by atoms with E-state index in [1.54, 1.807) is 49.2 Å². The third kappa shape index (κ3) is 5.29. The number of halogens is 3. The molecule has 5 rings (SSSR count). The van der Waals surface area contributed by atoms with Gasteiger partial charge < -0.3 is 9.64 Å². The first-order chi connectivity index (χ1) is 18.4. The van der Waals surface area contributed by atoms with Crippen LogP contribution < -0.4 is 4.74 Å². The minimum atomic E-state index is -4.49. The van der Waals surface area contributed by atoms with Gasteiger partial charge in [0.25, 0.3) is 5.91 Å². The van der Waals surface area contributed by atoms with E-state index in [-0.39, 0.29) is 48.6 Å². The summed E-state index contributed by atoms with van der Waals surface area (Å²) in [7, 11) is -2.05. The van der Waals surface area contributed by atoms with E-state index in [9.17, 15) is 26.4 Å². The summed E-state index contributed by atoms with van der Waals surface area (Å²) in [4.78, 5) is 22.9. The van der Waals surface area contributed by atoms with Crippen LogP contribution >= 0.6 is 0 Å². The zero-order valence-corrected chi connectivity index (χ0v) is 21.7. The summed E-state index contributed by atoms with van der Waals surface area (Å²) in [6.07, 6.45) is -2.46. The van der Waals surface area contributed by atoms with Crippen molar-refractivity contribution < 1.29 is 31.1 Å². The van der Waals surface area contributed by atoms with Crippen molar-refractivity contribution in [3.05, 3.63) is 71.8 Å². The Labute approximate surface area is 221 Å². The molecule has 1 saturated heterocycles. The molecule has 0 N–H and O–H groups in total. The van der Waals surface area contributed by atoms with Gasteiger partial charge in [-0.3, -0.25) is 9.48 Å². The molecule has 1 aliphatic heterocycles. The summed E-state index contributed by atoms with van der Waals surface area (Å²) in [6.45, 7) is 2.41. The van der Waals surface area contributed by atoms with Crippen molar-refractivity contribution in [2.45, 2.75) is 18.0 Å². The molecular formula is C25H23F3N6O4S. The Morgan fingerprint density at radius 1 is 1.00 bits per heavy atom. The smallest absolute Gasteiger partial charge is 0.417 e. The molecule has 0 atom stereocenters. The molecule has 0 aliphatic carbocycles. The first-order valence-corrected chi connectivity index (χ1v) is 13.3. The molecule has 0 spiro atoms. The second-order valence-corrected chi connectivity index (χ2v) is 10.9. The molecule has 1 amide bonds. The number of hydrogen-bond donors (Lipinski definition) is 0. The lowest BCUT2D eigenvalue weighted by Gasteiger charge is -2.33. The quantitative estimate of drug-likeness (QED) is 0.367. The number of nitrogens with zero attached hydrogens (tertiary/aromatic N) is 6. The number of benzene rings is 1. The largest absolute Gasteiger partial charge is 0.439 e. The molecule has 0 saturated carbocycles. The van der Waals surface area contributed by atoms with Crippen molar-refractivity contribution in [1.82, 2.24) is 29.0 Å². The molecule has 39 heavy (non-hydrogen) atoms. The highest BCUT2D eigenvalue weighted by molar-refractivity contribution is 7.89. The number of ether oxygens (including phenoxy) is 1. The number of rotatable bonds is 5. The van der Waals surface area contributed by atoms with E-state index >= 15 is 0 Å². The number of aromatic nitrogens is 4. The van der Waals surface area contributed by atoms with Crippen LogP contribution in [-0.2, 0) is 23.2 Å². The number of carbonyl (C=O) groups excluding carboxylic acids is 1. The van der Waals surface area contributed by atoms with Gasteiger partial charge in [-0.1, -0.05) is 6.07 Å². The molecule has 1 fully saturated rings. The van der Waals surface area contributed by atoms with Crippen molar-refractivity contribution >= 4 is 26.8 Å². The highest BCUT2D eigenvalue weighted by Gasteiger charge is 2.33. The SMILES string of the molecule is Cc1c(S(=O)(=O)N2CCN(C(=O)c3ccc4cc(Oc5ccc(C(F)(F)F)cn5)ccc4n3)CC2)cnn1C. The summed E-state index contributed by atoms with van der Waals surface area (Å²) >= 11 is 0. The minimum Gasteiger partial charge on any atom is -0.439 e. The van der Waals surface area contributed by atoms with E-state index in [1.807, 2.05) is 0 Å². The monoisotopic (exact) mass is 560 g/mol. The summed E-state index contributed by atoms with van der Waals surface area (Å²) in [5, 5.41) is 4.66. The number of carbonyl (C=O) groups is 1. The van der Waals surface area contributed by atoms with Crippen LogP contribution in [0.15, 0.2) is 59.8 Å². The molecular weight excluding hydrogens is 537 g/mol. The van der Waals surface area contributed by atoms with Gasteiger partial charge in [0, 0.05) is 50.9 Å². The van der Waals surface area contributed by atoms with Crippen LogP contribution in [0.3, 0.4) is 0 Å². The van der Waals surface area contributed by atoms with E-state index < -0.39 is 21.8 Å². The van der Waals surface area contributed by atoms with Gasteiger partial charge in [0.2, 0.25) is 15.9 Å². The molecule has 1 aromatic carbocycles. The number of pyridine rings is 2. The highest BCUT2D eigenvalue weighted by Crippen LogP contribution is 2.30. The van der Waals surface area contributed by atoms with Crippen molar-refractivity contribution in [3.63, 3.8) is 0 Å². The van der Waals surface area contributed by atoms with Gasteiger partial charge in [-0.25, -0.2) is 18.4 Å². The standard InChI is InChI=1S/C25H23F3N6O4S/c1-16-22(15-30-32(16)2)39(36,37)34-11-9-33(10-12-34)24(35)21-6-3-17-13-19(5-7-20(17)31-21)38-23-8-4-18(14-29-23)25(26,27)28/h3-8,13-15H,9-12H2,1-2H3. The molecule has 14 heteroatoms. The Hall–Kier alpha value is -4.04. The third-order valence-electron chi connectivity index (χ3n) is 6.50. The number of hydrogen-bond acceptors (Lipinski definition) is 7. The van der Waals surface area contributed by atoms with Crippen LogP contribution in [0.5, 0.6) is 11.6 Å². The summed E-state index contributed by atoms with van der Waals surface area (Å²) in [5.41, 5.74) is 0.390. The molecule has 0 unspecified atom stereocenters. The molecule has 4 heterocycles. The van der Waals surface area contributed by atoms with Crippen molar-refractivity contribution in [2.24, 2.45) is 7.05 Å². The van der Waals surface area contributed by atoms with Gasteiger partial charge >= 0.3 is 6.18 Å². The Bertz CT molecular complexity index is 1650. The molecule has 0 bridgehead atoms. The lowest BCUT2D eigenvalue weighted by Crippen LogP contribution is -2.50. The normalized spacial score (nSPS) is 15.1. The number of fused-ring (bicyclic) bond motifs is 1. The highest BCUT2D eigenvalue weighted by atomic mass is 32.2. The Morgan fingerprint density at radius 3 is 2.36 bits per heavy atom. The fraction of sp³-hybridized carbons (Fsp3) is 0.280. The summed E-state index contributed by atoms with van der Waals surface area (Å²) in [5.74, 6) is 0.0274. The lowest BCUT2D eigenvalue weighted by atomic mass is 10.2. The molecule has 4 aromatic rings. The van der Waals surface area contributed by atoms with E-state index in [4.69, 9.17) is 4.74 Å². The second kappa shape index (κ2) is 9.93. The number of piperazine rings is 1. The van der Waals surface area contributed by atoms with Crippen LogP contribution in [0.4, 0.5) is 13.2 Å². The number of sulfonamides is 1. The van der Waals surface area contributed by atoms with Crippen LogP contribution in [0.2, 0.25) is 0 Å². The fourth-order valence-electron chi connectivity index (χ4n) is 4.18. The topological polar surface area (TPSA) is 111 Å². The molecule has 3 aromatic heterocycles. The van der Waals surface area contributed by atoms with E-state index in [0.717, 1.165) is 12.1 Å². The number of aryl methyl sites for hydroxylation is 1. The molecule has 204 valence electrons. The van der Waals surface area contributed by atoms with Gasteiger partial charge in [0.15, 0.2) is 0 Å². The molecule has 0 radical (unpaired) electrons. The van der Waals surface area contributed by atoms with Gasteiger partial charge in [-0.05, 0) is 37.3 Å². The third-order valence-corrected chi connectivity index (χ3v) is 8.50. The summed E-state index contributed by atoms with van der Waals surface area (Å²) in [6, 6.07) is 10.1. The maximum absolute atomic E-state index is 13.1. The number of alkyl halides is 3. The Morgan fingerprint density at radius 2 is 1.74 bits per heavy atom. The van der Waals surface area contributed by atoms with Crippen molar-refractivity contribution in [3.8, 4) is 11.6 Å². The van der Waals surface area contributed by atoms with Crippen LogP contribution in [-0.4, -0.2) is 69.5 Å². The van der Waals surface area contributed by atoms with Gasteiger partial charge in [-0.15, -0.1) is 0 Å². The molecule has 1 aliphatic rings. The predicted molar refractivity (Wildman–Crippen MR) is 134 cm³/mol.